The molecular formula is C12H27N3O3. The molecule has 0 fully saturated rings. The summed E-state index contributed by atoms with van der Waals surface area (Å²) in [7, 11) is 5.62. The lowest BCUT2D eigenvalue weighted by atomic mass is 10.1. The van der Waals surface area contributed by atoms with Crippen molar-refractivity contribution in [2.45, 2.75) is 18.9 Å². The summed E-state index contributed by atoms with van der Waals surface area (Å²) in [5.74, 6) is -0.123. The average Bonchev–Trinajstić information content (AvgIpc) is 2.33. The van der Waals surface area contributed by atoms with Gasteiger partial charge in [0.2, 0.25) is 5.91 Å². The van der Waals surface area contributed by atoms with Crippen molar-refractivity contribution in [2.75, 3.05) is 54.1 Å². The minimum Gasteiger partial charge on any atom is -0.385 e. The zero-order valence-electron chi connectivity index (χ0n) is 11.8. The third-order valence-corrected chi connectivity index (χ3v) is 2.43. The molecule has 0 heterocycles. The molecule has 0 saturated carbocycles. The van der Waals surface area contributed by atoms with Crippen molar-refractivity contribution >= 4 is 5.91 Å². The first kappa shape index (κ1) is 17.3. The van der Waals surface area contributed by atoms with Crippen LogP contribution in [0.5, 0.6) is 0 Å². The van der Waals surface area contributed by atoms with Crippen LogP contribution in [0, 0.1) is 0 Å². The molecule has 0 aromatic rings. The first-order valence-electron chi connectivity index (χ1n) is 6.32. The molecule has 108 valence electrons. The van der Waals surface area contributed by atoms with Crippen molar-refractivity contribution in [3.05, 3.63) is 0 Å². The zero-order valence-corrected chi connectivity index (χ0v) is 11.8. The summed E-state index contributed by atoms with van der Waals surface area (Å²) >= 11 is 0. The van der Waals surface area contributed by atoms with Gasteiger partial charge in [0, 0.05) is 26.8 Å². The summed E-state index contributed by atoms with van der Waals surface area (Å²) in [5.41, 5.74) is 5.72. The Morgan fingerprint density at radius 2 is 2.06 bits per heavy atom. The maximum Gasteiger partial charge on any atom is 0.236 e. The van der Waals surface area contributed by atoms with Crippen molar-refractivity contribution in [2.24, 2.45) is 5.73 Å². The molecule has 18 heavy (non-hydrogen) atoms. The van der Waals surface area contributed by atoms with Gasteiger partial charge in [0.25, 0.3) is 0 Å². The average molecular weight is 261 g/mol. The fourth-order valence-electron chi connectivity index (χ4n) is 1.31. The first-order chi connectivity index (χ1) is 8.57. The van der Waals surface area contributed by atoms with E-state index in [0.29, 0.717) is 32.8 Å². The van der Waals surface area contributed by atoms with E-state index in [0.717, 1.165) is 13.0 Å². The van der Waals surface area contributed by atoms with E-state index < -0.39 is 6.04 Å². The minimum atomic E-state index is -0.457. The van der Waals surface area contributed by atoms with Gasteiger partial charge in [-0.3, -0.25) is 4.79 Å². The van der Waals surface area contributed by atoms with E-state index in [1.54, 1.807) is 7.11 Å². The molecule has 0 bridgehead atoms. The normalized spacial score (nSPS) is 12.7. The second kappa shape index (κ2) is 11.4. The van der Waals surface area contributed by atoms with Crippen LogP contribution in [0.3, 0.4) is 0 Å². The van der Waals surface area contributed by atoms with Crippen LogP contribution in [-0.2, 0) is 14.3 Å². The number of ether oxygens (including phenoxy) is 2. The number of nitrogens with two attached hydrogens (primary N) is 1. The summed E-state index contributed by atoms with van der Waals surface area (Å²) in [4.78, 5) is 13.6. The van der Waals surface area contributed by atoms with Crippen LogP contribution in [-0.4, -0.2) is 71.0 Å². The molecule has 0 saturated heterocycles. The number of nitrogens with zero attached hydrogens (tertiary/aromatic N) is 1. The quantitative estimate of drug-likeness (QED) is 0.487. The Balaban J connectivity index is 3.40. The van der Waals surface area contributed by atoms with Crippen LogP contribution >= 0.6 is 0 Å². The van der Waals surface area contributed by atoms with Gasteiger partial charge in [-0.25, -0.2) is 0 Å². The van der Waals surface area contributed by atoms with E-state index in [1.165, 1.54) is 0 Å². The standard InChI is InChI=1S/C12H27N3O3/c1-15(2)7-10-18-9-6-14-12(16)11(13)5-4-8-17-3/h11H,4-10,13H2,1-3H3,(H,14,16). The monoisotopic (exact) mass is 261 g/mol. The predicted octanol–water partition coefficient (Wildman–Crippen LogP) is -0.565. The number of rotatable bonds is 11. The van der Waals surface area contributed by atoms with Gasteiger partial charge in [0.1, 0.15) is 0 Å². The summed E-state index contributed by atoms with van der Waals surface area (Å²) in [6.07, 6.45) is 1.44. The Morgan fingerprint density at radius 3 is 2.67 bits per heavy atom. The van der Waals surface area contributed by atoms with Gasteiger partial charge in [0.05, 0.1) is 19.3 Å². The molecular weight excluding hydrogens is 234 g/mol. The molecule has 0 spiro atoms. The molecule has 1 amide bonds. The highest BCUT2D eigenvalue weighted by Gasteiger charge is 2.11. The van der Waals surface area contributed by atoms with Crippen molar-refractivity contribution in [1.29, 1.82) is 0 Å². The molecule has 0 aromatic heterocycles. The number of amides is 1. The fraction of sp³-hybridized carbons (Fsp3) is 0.917. The molecule has 0 radical (unpaired) electrons. The number of carbonyl (C=O) groups excluding carboxylic acids is 1. The van der Waals surface area contributed by atoms with E-state index in [1.807, 2.05) is 19.0 Å². The number of likely N-dealkylation sites (N-methyl/N-ethyl adjacent to an activating group) is 1. The van der Waals surface area contributed by atoms with Crippen molar-refractivity contribution < 1.29 is 14.3 Å². The summed E-state index contributed by atoms with van der Waals surface area (Å²) in [5, 5.41) is 2.75. The highest BCUT2D eigenvalue weighted by atomic mass is 16.5. The van der Waals surface area contributed by atoms with E-state index in [2.05, 4.69) is 5.32 Å². The number of methoxy groups -OCH3 is 1. The van der Waals surface area contributed by atoms with Gasteiger partial charge in [-0.2, -0.15) is 0 Å². The predicted molar refractivity (Wildman–Crippen MR) is 71.5 cm³/mol. The number of hydrogen-bond acceptors (Lipinski definition) is 5. The van der Waals surface area contributed by atoms with Crippen LogP contribution in [0.2, 0.25) is 0 Å². The lowest BCUT2D eigenvalue weighted by Crippen LogP contribution is -2.42. The highest BCUT2D eigenvalue weighted by molar-refractivity contribution is 5.81. The second-order valence-electron chi connectivity index (χ2n) is 4.45. The lowest BCUT2D eigenvalue weighted by molar-refractivity contribution is -0.122. The maximum atomic E-state index is 11.5. The number of nitrogens with one attached hydrogen (secondary N) is 1. The molecule has 3 N–H and O–H groups in total. The van der Waals surface area contributed by atoms with E-state index in [-0.39, 0.29) is 5.91 Å². The smallest absolute Gasteiger partial charge is 0.236 e. The van der Waals surface area contributed by atoms with Gasteiger partial charge in [-0.05, 0) is 26.9 Å². The van der Waals surface area contributed by atoms with Crippen molar-refractivity contribution in [1.82, 2.24) is 10.2 Å². The third-order valence-electron chi connectivity index (χ3n) is 2.43. The van der Waals surface area contributed by atoms with Crippen LogP contribution < -0.4 is 11.1 Å². The zero-order chi connectivity index (χ0) is 13.8. The molecule has 6 heteroatoms. The van der Waals surface area contributed by atoms with E-state index in [9.17, 15) is 4.79 Å². The van der Waals surface area contributed by atoms with Crippen LogP contribution in [0.15, 0.2) is 0 Å². The molecule has 0 rings (SSSR count). The van der Waals surface area contributed by atoms with E-state index in [4.69, 9.17) is 15.2 Å². The van der Waals surface area contributed by atoms with Gasteiger partial charge in [0.15, 0.2) is 0 Å². The Bertz CT molecular complexity index is 213. The Labute approximate surface area is 110 Å². The lowest BCUT2D eigenvalue weighted by Gasteiger charge is -2.13. The molecule has 1 atom stereocenters. The van der Waals surface area contributed by atoms with Gasteiger partial charge < -0.3 is 25.4 Å². The molecule has 0 aliphatic rings. The minimum absolute atomic E-state index is 0.123. The molecule has 0 aliphatic carbocycles. The first-order valence-corrected chi connectivity index (χ1v) is 6.32. The van der Waals surface area contributed by atoms with Crippen LogP contribution in [0.4, 0.5) is 0 Å². The molecule has 0 aromatic carbocycles. The van der Waals surface area contributed by atoms with E-state index >= 15 is 0 Å². The number of hydrogen-bond donors (Lipinski definition) is 2. The largest absolute Gasteiger partial charge is 0.385 e. The molecule has 6 nitrogen and oxygen atoms in total. The maximum absolute atomic E-state index is 11.5. The molecule has 0 aliphatic heterocycles. The SMILES string of the molecule is COCCCC(N)C(=O)NCCOCCN(C)C. The number of carbonyl (C=O) groups is 1. The summed E-state index contributed by atoms with van der Waals surface area (Å²) < 4.78 is 10.3. The highest BCUT2D eigenvalue weighted by Crippen LogP contribution is 1.94. The topological polar surface area (TPSA) is 76.8 Å². The van der Waals surface area contributed by atoms with Gasteiger partial charge >= 0.3 is 0 Å². The van der Waals surface area contributed by atoms with Crippen LogP contribution in [0.25, 0.3) is 0 Å². The fourth-order valence-corrected chi connectivity index (χ4v) is 1.31. The molecule has 1 unspecified atom stereocenters. The van der Waals surface area contributed by atoms with Gasteiger partial charge in [-0.1, -0.05) is 0 Å². The van der Waals surface area contributed by atoms with Crippen molar-refractivity contribution in [3.63, 3.8) is 0 Å². The summed E-state index contributed by atoms with van der Waals surface area (Å²) in [6, 6.07) is -0.457. The summed E-state index contributed by atoms with van der Waals surface area (Å²) in [6.45, 7) is 3.20. The van der Waals surface area contributed by atoms with Crippen LogP contribution in [0.1, 0.15) is 12.8 Å². The van der Waals surface area contributed by atoms with Gasteiger partial charge in [-0.15, -0.1) is 0 Å². The third kappa shape index (κ3) is 10.5. The Hall–Kier alpha value is -0.690. The Morgan fingerprint density at radius 1 is 1.33 bits per heavy atom. The van der Waals surface area contributed by atoms with Crippen molar-refractivity contribution in [3.8, 4) is 0 Å². The Kier molecular flexibility index (Phi) is 11.0. The second-order valence-corrected chi connectivity index (χ2v) is 4.45.